The fourth-order valence-corrected chi connectivity index (χ4v) is 4.71. The Labute approximate surface area is 179 Å². The fourth-order valence-electron chi connectivity index (χ4n) is 3.93. The van der Waals surface area contributed by atoms with Crippen LogP contribution in [0.1, 0.15) is 37.2 Å². The number of hydrogen-bond donors (Lipinski definition) is 2. The lowest BCUT2D eigenvalue weighted by Crippen LogP contribution is -2.37. The van der Waals surface area contributed by atoms with Crippen LogP contribution in [0.2, 0.25) is 0 Å². The number of aromatic nitrogens is 2. The largest absolute Gasteiger partial charge is 0.453 e. The Hall–Kier alpha value is -2.87. The molecule has 0 atom stereocenters. The lowest BCUT2D eigenvalue weighted by Gasteiger charge is -2.31. The van der Waals surface area contributed by atoms with E-state index in [2.05, 4.69) is 45.3 Å². The number of carbonyl (C=O) groups is 1. The Morgan fingerprint density at radius 1 is 1.10 bits per heavy atom. The molecule has 5 rings (SSSR count). The summed E-state index contributed by atoms with van der Waals surface area (Å²) >= 11 is 1.67. The predicted molar refractivity (Wildman–Crippen MR) is 120 cm³/mol. The molecule has 1 aliphatic carbocycles. The summed E-state index contributed by atoms with van der Waals surface area (Å²) < 4.78 is 5.93. The molecule has 1 amide bonds. The number of thiophene rings is 1. The van der Waals surface area contributed by atoms with Gasteiger partial charge in [0.1, 0.15) is 5.82 Å². The van der Waals surface area contributed by atoms with Crippen LogP contribution < -0.4 is 10.6 Å². The third kappa shape index (κ3) is 4.05. The highest BCUT2D eigenvalue weighted by molar-refractivity contribution is 7.17. The van der Waals surface area contributed by atoms with Crippen LogP contribution in [0.3, 0.4) is 0 Å². The topological polar surface area (TPSA) is 79.4 Å². The first-order valence-corrected chi connectivity index (χ1v) is 11.3. The zero-order valence-corrected chi connectivity index (χ0v) is 17.7. The highest BCUT2D eigenvalue weighted by atomic mass is 32.1. The number of likely N-dealkylation sites (tertiary alicyclic amines) is 1. The molecule has 2 aromatic heterocycles. The Morgan fingerprint density at radius 2 is 1.87 bits per heavy atom. The molecule has 0 spiro atoms. The van der Waals surface area contributed by atoms with Gasteiger partial charge in [-0.05, 0) is 60.7 Å². The molecule has 7 nitrogen and oxygen atoms in total. The Kier molecular flexibility index (Phi) is 5.16. The van der Waals surface area contributed by atoms with Crippen molar-refractivity contribution in [1.82, 2.24) is 14.9 Å². The number of amides is 1. The van der Waals surface area contributed by atoms with Crippen LogP contribution in [0.5, 0.6) is 0 Å². The molecule has 1 aromatic carbocycles. The van der Waals surface area contributed by atoms with E-state index in [1.54, 1.807) is 16.2 Å². The van der Waals surface area contributed by atoms with Gasteiger partial charge in [0, 0.05) is 24.8 Å². The summed E-state index contributed by atoms with van der Waals surface area (Å²) in [6, 6.07) is 11.1. The van der Waals surface area contributed by atoms with Gasteiger partial charge in [0.2, 0.25) is 5.95 Å². The van der Waals surface area contributed by atoms with Gasteiger partial charge in [-0.1, -0.05) is 12.1 Å². The van der Waals surface area contributed by atoms with Gasteiger partial charge in [-0.2, -0.15) is 4.98 Å². The Bertz CT molecular complexity index is 1040. The molecule has 0 unspecified atom stereocenters. The summed E-state index contributed by atoms with van der Waals surface area (Å²) in [6.45, 7) is 1.48. The van der Waals surface area contributed by atoms with Crippen molar-refractivity contribution >= 4 is 45.1 Å². The molecule has 3 aromatic rings. The minimum Gasteiger partial charge on any atom is -0.453 e. The van der Waals surface area contributed by atoms with Crippen LogP contribution in [0.15, 0.2) is 35.7 Å². The standard InChI is InChI=1S/C22H25N5O2S/c1-29-22(28)27-11-8-15(9-12-27)14-2-4-17(5-3-14)24-21-25-18-10-13-30-19(18)20(26-21)23-16-6-7-16/h2-5,10,13,15-16H,6-9,11-12H2,1H3,(H2,23,24,25,26). The molecule has 3 heterocycles. The van der Waals surface area contributed by atoms with E-state index >= 15 is 0 Å². The second-order valence-corrected chi connectivity index (χ2v) is 8.84. The number of anilines is 3. The molecule has 1 saturated heterocycles. The number of nitrogens with one attached hydrogen (secondary N) is 2. The average molecular weight is 424 g/mol. The summed E-state index contributed by atoms with van der Waals surface area (Å²) in [6.07, 6.45) is 4.09. The van der Waals surface area contributed by atoms with Crippen molar-refractivity contribution < 1.29 is 9.53 Å². The summed E-state index contributed by atoms with van der Waals surface area (Å²) in [5.74, 6) is 2.00. The number of carbonyl (C=O) groups excluding carboxylic acids is 1. The summed E-state index contributed by atoms with van der Waals surface area (Å²) in [5, 5.41) is 8.93. The SMILES string of the molecule is COC(=O)N1CCC(c2ccc(Nc3nc(NC4CC4)c4sccc4n3)cc2)CC1. The van der Waals surface area contributed by atoms with E-state index in [9.17, 15) is 4.79 Å². The summed E-state index contributed by atoms with van der Waals surface area (Å²) in [4.78, 5) is 22.8. The molecule has 156 valence electrons. The zero-order valence-electron chi connectivity index (χ0n) is 16.9. The average Bonchev–Trinajstić information content (AvgIpc) is 3.47. The Morgan fingerprint density at radius 3 is 2.57 bits per heavy atom. The van der Waals surface area contributed by atoms with Crippen molar-refractivity contribution in [2.45, 2.75) is 37.6 Å². The lowest BCUT2D eigenvalue weighted by atomic mass is 9.89. The highest BCUT2D eigenvalue weighted by Gasteiger charge is 2.25. The molecule has 2 aliphatic rings. The molecule has 2 fully saturated rings. The van der Waals surface area contributed by atoms with Crippen LogP contribution in [-0.4, -0.2) is 47.2 Å². The first-order valence-electron chi connectivity index (χ1n) is 10.4. The molecular weight excluding hydrogens is 398 g/mol. The summed E-state index contributed by atoms with van der Waals surface area (Å²) in [5.41, 5.74) is 3.24. The quantitative estimate of drug-likeness (QED) is 0.604. The van der Waals surface area contributed by atoms with Gasteiger partial charge in [0.25, 0.3) is 0 Å². The predicted octanol–water partition coefficient (Wildman–Crippen LogP) is 4.96. The van der Waals surface area contributed by atoms with E-state index in [0.29, 0.717) is 17.9 Å². The van der Waals surface area contributed by atoms with E-state index in [-0.39, 0.29) is 6.09 Å². The third-order valence-electron chi connectivity index (χ3n) is 5.79. The van der Waals surface area contributed by atoms with Gasteiger partial charge in [-0.15, -0.1) is 11.3 Å². The van der Waals surface area contributed by atoms with Crippen LogP contribution in [0, 0.1) is 0 Å². The van der Waals surface area contributed by atoms with Crippen LogP contribution in [-0.2, 0) is 4.74 Å². The first kappa shape index (κ1) is 19.1. The second-order valence-electron chi connectivity index (χ2n) is 7.93. The molecule has 8 heteroatoms. The minimum atomic E-state index is -0.230. The number of methoxy groups -OCH3 is 1. The van der Waals surface area contributed by atoms with Gasteiger partial charge < -0.3 is 20.3 Å². The van der Waals surface area contributed by atoms with Gasteiger partial charge >= 0.3 is 6.09 Å². The maximum atomic E-state index is 11.7. The molecule has 0 bridgehead atoms. The number of benzene rings is 1. The van der Waals surface area contributed by atoms with Crippen LogP contribution in [0.4, 0.5) is 22.2 Å². The Balaban J connectivity index is 1.27. The van der Waals surface area contributed by atoms with Crippen LogP contribution >= 0.6 is 11.3 Å². The number of fused-ring (bicyclic) bond motifs is 1. The fraction of sp³-hybridized carbons (Fsp3) is 0.409. The zero-order chi connectivity index (χ0) is 20.5. The molecule has 30 heavy (non-hydrogen) atoms. The molecule has 2 N–H and O–H groups in total. The smallest absolute Gasteiger partial charge is 0.409 e. The minimum absolute atomic E-state index is 0.230. The number of piperidine rings is 1. The van der Waals surface area contributed by atoms with Crippen LogP contribution in [0.25, 0.3) is 10.2 Å². The third-order valence-corrected chi connectivity index (χ3v) is 6.70. The molecular formula is C22H25N5O2S. The second kappa shape index (κ2) is 8.10. The van der Waals surface area contributed by atoms with Crippen molar-refractivity contribution in [3.63, 3.8) is 0 Å². The maximum absolute atomic E-state index is 11.7. The van der Waals surface area contributed by atoms with E-state index < -0.39 is 0 Å². The molecule has 1 saturated carbocycles. The highest BCUT2D eigenvalue weighted by Crippen LogP contribution is 2.33. The van der Waals surface area contributed by atoms with E-state index in [0.717, 1.165) is 47.7 Å². The van der Waals surface area contributed by atoms with Gasteiger partial charge in [0.05, 0.1) is 17.3 Å². The lowest BCUT2D eigenvalue weighted by molar-refractivity contribution is 0.112. The number of rotatable bonds is 5. The normalized spacial score (nSPS) is 17.2. The van der Waals surface area contributed by atoms with E-state index in [1.807, 2.05) is 6.07 Å². The van der Waals surface area contributed by atoms with Crippen molar-refractivity contribution in [3.05, 3.63) is 41.3 Å². The van der Waals surface area contributed by atoms with Crippen molar-refractivity contribution in [3.8, 4) is 0 Å². The van der Waals surface area contributed by atoms with Gasteiger partial charge in [-0.3, -0.25) is 0 Å². The van der Waals surface area contributed by atoms with E-state index in [1.165, 1.54) is 25.5 Å². The van der Waals surface area contributed by atoms with E-state index in [4.69, 9.17) is 9.72 Å². The molecule has 1 aliphatic heterocycles. The molecule has 0 radical (unpaired) electrons. The maximum Gasteiger partial charge on any atom is 0.409 e. The van der Waals surface area contributed by atoms with Gasteiger partial charge in [0.15, 0.2) is 0 Å². The van der Waals surface area contributed by atoms with Crippen molar-refractivity contribution in [1.29, 1.82) is 0 Å². The number of ether oxygens (including phenoxy) is 1. The van der Waals surface area contributed by atoms with Crippen molar-refractivity contribution in [2.75, 3.05) is 30.8 Å². The monoisotopic (exact) mass is 423 g/mol. The van der Waals surface area contributed by atoms with Crippen molar-refractivity contribution in [2.24, 2.45) is 0 Å². The summed E-state index contributed by atoms with van der Waals surface area (Å²) in [7, 11) is 1.44. The number of nitrogens with zero attached hydrogens (tertiary/aromatic N) is 3. The first-order chi connectivity index (χ1) is 14.7. The number of hydrogen-bond acceptors (Lipinski definition) is 7. The van der Waals surface area contributed by atoms with Gasteiger partial charge in [-0.25, -0.2) is 9.78 Å².